The highest BCUT2D eigenvalue weighted by Crippen LogP contribution is 2.24. The molecular formula is C11H8BrClN2. The maximum atomic E-state index is 5.75. The molecule has 0 bridgehead atoms. The minimum Gasteiger partial charge on any atom is -0.149 e. The minimum atomic E-state index is 0.422. The van der Waals surface area contributed by atoms with Gasteiger partial charge in [0, 0.05) is 10.0 Å². The van der Waals surface area contributed by atoms with Crippen LogP contribution in [0.4, 0.5) is 0 Å². The van der Waals surface area contributed by atoms with Gasteiger partial charge in [-0.3, -0.25) is 0 Å². The molecule has 1 aromatic heterocycles. The van der Waals surface area contributed by atoms with Gasteiger partial charge < -0.3 is 0 Å². The highest BCUT2D eigenvalue weighted by molar-refractivity contribution is 9.10. The van der Waals surface area contributed by atoms with E-state index in [0.29, 0.717) is 5.15 Å². The molecule has 0 unspecified atom stereocenters. The maximum Gasteiger partial charge on any atom is 0.152 e. The predicted octanol–water partition coefficient (Wildman–Crippen LogP) is 3.87. The average molecular weight is 284 g/mol. The van der Waals surface area contributed by atoms with Crippen molar-refractivity contribution in [2.24, 2.45) is 0 Å². The zero-order valence-corrected chi connectivity index (χ0v) is 10.4. The molecule has 0 aliphatic rings. The predicted molar refractivity (Wildman–Crippen MR) is 64.9 cm³/mol. The van der Waals surface area contributed by atoms with Gasteiger partial charge in [-0.05, 0) is 30.7 Å². The summed E-state index contributed by atoms with van der Waals surface area (Å²) in [6, 6.07) is 9.75. The molecule has 4 heteroatoms. The highest BCUT2D eigenvalue weighted by Gasteiger charge is 2.05. The normalized spacial score (nSPS) is 10.3. The van der Waals surface area contributed by atoms with Gasteiger partial charge in [-0.2, -0.15) is 0 Å². The van der Waals surface area contributed by atoms with E-state index < -0.39 is 0 Å². The van der Waals surface area contributed by atoms with Gasteiger partial charge in [-0.25, -0.2) is 0 Å². The van der Waals surface area contributed by atoms with Gasteiger partial charge in [0.2, 0.25) is 0 Å². The van der Waals surface area contributed by atoms with Crippen molar-refractivity contribution in [1.29, 1.82) is 0 Å². The van der Waals surface area contributed by atoms with E-state index >= 15 is 0 Å². The van der Waals surface area contributed by atoms with E-state index in [4.69, 9.17) is 11.6 Å². The highest BCUT2D eigenvalue weighted by atomic mass is 79.9. The van der Waals surface area contributed by atoms with Crippen LogP contribution >= 0.6 is 27.5 Å². The fourth-order valence-corrected chi connectivity index (χ4v) is 1.97. The number of halogens is 2. The number of aromatic nitrogens is 2. The number of nitrogens with zero attached hydrogens (tertiary/aromatic N) is 2. The molecule has 0 fully saturated rings. The molecule has 0 saturated heterocycles. The molecule has 15 heavy (non-hydrogen) atoms. The Kier molecular flexibility index (Phi) is 3.03. The summed E-state index contributed by atoms with van der Waals surface area (Å²) in [4.78, 5) is 0. The third kappa shape index (κ3) is 2.36. The summed E-state index contributed by atoms with van der Waals surface area (Å²) in [6.45, 7) is 1.97. The van der Waals surface area contributed by atoms with Gasteiger partial charge in [0.05, 0.1) is 5.69 Å². The second kappa shape index (κ2) is 4.29. The van der Waals surface area contributed by atoms with E-state index in [2.05, 4.69) is 26.1 Å². The van der Waals surface area contributed by atoms with Crippen LogP contribution in [0.25, 0.3) is 11.3 Å². The number of hydrogen-bond acceptors (Lipinski definition) is 2. The van der Waals surface area contributed by atoms with Gasteiger partial charge in [0.1, 0.15) is 0 Å². The molecule has 0 radical (unpaired) electrons. The first-order chi connectivity index (χ1) is 7.16. The molecule has 1 aromatic carbocycles. The Bertz CT molecular complexity index is 500. The molecule has 76 valence electrons. The van der Waals surface area contributed by atoms with Crippen molar-refractivity contribution in [2.45, 2.75) is 6.92 Å². The third-order valence-electron chi connectivity index (χ3n) is 2.05. The van der Waals surface area contributed by atoms with Crippen LogP contribution in [0, 0.1) is 6.92 Å². The fraction of sp³-hybridized carbons (Fsp3) is 0.0909. The Morgan fingerprint density at radius 1 is 1.20 bits per heavy atom. The van der Waals surface area contributed by atoms with Crippen molar-refractivity contribution in [3.05, 3.63) is 45.5 Å². The van der Waals surface area contributed by atoms with Gasteiger partial charge in [-0.15, -0.1) is 10.2 Å². The van der Waals surface area contributed by atoms with Gasteiger partial charge in [0.15, 0.2) is 5.15 Å². The van der Waals surface area contributed by atoms with E-state index in [9.17, 15) is 0 Å². The summed E-state index contributed by atoms with van der Waals surface area (Å²) >= 11 is 9.18. The third-order valence-corrected chi connectivity index (χ3v) is 2.73. The Balaban J connectivity index is 2.54. The van der Waals surface area contributed by atoms with E-state index in [1.165, 1.54) is 0 Å². The van der Waals surface area contributed by atoms with Crippen LogP contribution in [-0.2, 0) is 0 Å². The van der Waals surface area contributed by atoms with Gasteiger partial charge >= 0.3 is 0 Å². The van der Waals surface area contributed by atoms with Crippen molar-refractivity contribution < 1.29 is 0 Å². The molecule has 1 heterocycles. The Morgan fingerprint density at radius 3 is 2.67 bits per heavy atom. The van der Waals surface area contributed by atoms with Gasteiger partial charge in [0.25, 0.3) is 0 Å². The number of benzene rings is 1. The van der Waals surface area contributed by atoms with Crippen LogP contribution in [0.1, 0.15) is 5.56 Å². The van der Waals surface area contributed by atoms with Crippen molar-refractivity contribution in [3.63, 3.8) is 0 Å². The Morgan fingerprint density at radius 2 is 2.00 bits per heavy atom. The Hall–Kier alpha value is -0.930. The lowest BCUT2D eigenvalue weighted by Crippen LogP contribution is -1.91. The first-order valence-electron chi connectivity index (χ1n) is 4.42. The van der Waals surface area contributed by atoms with E-state index in [-0.39, 0.29) is 0 Å². The SMILES string of the molecule is Cc1cc(Cl)nnc1-c1cccc(Br)c1. The van der Waals surface area contributed by atoms with Crippen molar-refractivity contribution in [2.75, 3.05) is 0 Å². The fourth-order valence-electron chi connectivity index (χ4n) is 1.37. The lowest BCUT2D eigenvalue weighted by molar-refractivity contribution is 1.02. The standard InChI is InChI=1S/C11H8BrClN2/c1-7-5-10(13)14-15-11(7)8-3-2-4-9(12)6-8/h2-6H,1H3. The minimum absolute atomic E-state index is 0.422. The second-order valence-corrected chi connectivity index (χ2v) is 4.51. The summed E-state index contributed by atoms with van der Waals surface area (Å²) in [5, 5.41) is 8.35. The molecule has 2 aromatic rings. The van der Waals surface area contributed by atoms with Crippen molar-refractivity contribution in [3.8, 4) is 11.3 Å². The second-order valence-electron chi connectivity index (χ2n) is 3.21. The van der Waals surface area contributed by atoms with Crippen LogP contribution in [0.3, 0.4) is 0 Å². The molecule has 0 aliphatic carbocycles. The summed E-state index contributed by atoms with van der Waals surface area (Å²) in [5.74, 6) is 0. The lowest BCUT2D eigenvalue weighted by Gasteiger charge is -2.04. The molecule has 0 spiro atoms. The number of aryl methyl sites for hydroxylation is 1. The van der Waals surface area contributed by atoms with Crippen LogP contribution < -0.4 is 0 Å². The molecule has 0 aliphatic heterocycles. The summed E-state index contributed by atoms with van der Waals surface area (Å²) in [5.41, 5.74) is 2.92. The van der Waals surface area contributed by atoms with E-state index in [0.717, 1.165) is 21.3 Å². The number of rotatable bonds is 1. The first kappa shape index (κ1) is 10.6. The first-order valence-corrected chi connectivity index (χ1v) is 5.59. The molecule has 0 N–H and O–H groups in total. The molecule has 0 atom stereocenters. The topological polar surface area (TPSA) is 25.8 Å². The molecule has 0 saturated carbocycles. The quantitative estimate of drug-likeness (QED) is 0.794. The molecular weight excluding hydrogens is 275 g/mol. The van der Waals surface area contributed by atoms with Crippen LogP contribution in [-0.4, -0.2) is 10.2 Å². The molecule has 2 nitrogen and oxygen atoms in total. The van der Waals surface area contributed by atoms with Crippen LogP contribution in [0.15, 0.2) is 34.8 Å². The molecule has 0 amide bonds. The summed E-state index contributed by atoms with van der Waals surface area (Å²) in [6.07, 6.45) is 0. The van der Waals surface area contributed by atoms with Gasteiger partial charge in [-0.1, -0.05) is 39.7 Å². The zero-order chi connectivity index (χ0) is 10.8. The summed E-state index contributed by atoms with van der Waals surface area (Å²) < 4.78 is 1.02. The largest absolute Gasteiger partial charge is 0.152 e. The van der Waals surface area contributed by atoms with E-state index in [1.54, 1.807) is 0 Å². The monoisotopic (exact) mass is 282 g/mol. The van der Waals surface area contributed by atoms with E-state index in [1.807, 2.05) is 37.3 Å². The molecule has 2 rings (SSSR count). The van der Waals surface area contributed by atoms with Crippen molar-refractivity contribution in [1.82, 2.24) is 10.2 Å². The number of hydrogen-bond donors (Lipinski definition) is 0. The summed E-state index contributed by atoms with van der Waals surface area (Å²) in [7, 11) is 0. The van der Waals surface area contributed by atoms with Crippen LogP contribution in [0.2, 0.25) is 5.15 Å². The lowest BCUT2D eigenvalue weighted by atomic mass is 10.1. The van der Waals surface area contributed by atoms with Crippen LogP contribution in [0.5, 0.6) is 0 Å². The Labute approximate surface area is 101 Å². The average Bonchev–Trinajstić information content (AvgIpc) is 2.17. The maximum absolute atomic E-state index is 5.75. The smallest absolute Gasteiger partial charge is 0.149 e. The zero-order valence-electron chi connectivity index (χ0n) is 8.04. The van der Waals surface area contributed by atoms with Crippen molar-refractivity contribution >= 4 is 27.5 Å².